The van der Waals surface area contributed by atoms with Crippen LogP contribution in [0.3, 0.4) is 0 Å². The molecule has 0 unspecified atom stereocenters. The average molecular weight is 373 g/mol. The summed E-state index contributed by atoms with van der Waals surface area (Å²) in [6.45, 7) is 0.394. The van der Waals surface area contributed by atoms with Crippen molar-refractivity contribution >= 4 is 33.2 Å². The molecule has 0 atom stereocenters. The third-order valence-electron chi connectivity index (χ3n) is 4.02. The van der Waals surface area contributed by atoms with Crippen molar-refractivity contribution in [3.05, 3.63) is 91.3 Å². The molecule has 4 aromatic rings. The Kier molecular flexibility index (Phi) is 4.07. The fourth-order valence-corrected chi connectivity index (χ4v) is 3.82. The van der Waals surface area contributed by atoms with Crippen LogP contribution in [-0.2, 0) is 13.1 Å². The van der Waals surface area contributed by atoms with Crippen LogP contribution < -0.4 is 11.2 Å². The molecule has 1 aromatic carbocycles. The van der Waals surface area contributed by atoms with Crippen LogP contribution in [0.2, 0.25) is 5.02 Å². The molecule has 5 nitrogen and oxygen atoms in total. The number of rotatable bonds is 4. The summed E-state index contributed by atoms with van der Waals surface area (Å²) < 4.78 is 8.62. The predicted octanol–water partition coefficient (Wildman–Crippen LogP) is 3.57. The van der Waals surface area contributed by atoms with Crippen LogP contribution in [-0.4, -0.2) is 9.13 Å². The summed E-state index contributed by atoms with van der Waals surface area (Å²) in [5, 5.41) is 2.40. The lowest BCUT2D eigenvalue weighted by atomic mass is 10.2. The van der Waals surface area contributed by atoms with Gasteiger partial charge in [0.25, 0.3) is 5.56 Å². The zero-order chi connectivity index (χ0) is 17.4. The lowest BCUT2D eigenvalue weighted by Gasteiger charge is -2.12. The van der Waals surface area contributed by atoms with Gasteiger partial charge in [0.05, 0.1) is 24.9 Å². The van der Waals surface area contributed by atoms with Crippen molar-refractivity contribution in [2.24, 2.45) is 0 Å². The Morgan fingerprint density at radius 1 is 1.00 bits per heavy atom. The van der Waals surface area contributed by atoms with Gasteiger partial charge in [0, 0.05) is 5.02 Å². The Morgan fingerprint density at radius 2 is 1.84 bits per heavy atom. The summed E-state index contributed by atoms with van der Waals surface area (Å²) >= 11 is 7.56. The smallest absolute Gasteiger partial charge is 0.332 e. The topological polar surface area (TPSA) is 57.1 Å². The van der Waals surface area contributed by atoms with Gasteiger partial charge in [-0.05, 0) is 35.2 Å². The highest BCUT2D eigenvalue weighted by Gasteiger charge is 2.16. The second-order valence-electron chi connectivity index (χ2n) is 5.57. The number of furan rings is 1. The minimum Gasteiger partial charge on any atom is -0.467 e. The molecule has 0 aliphatic carbocycles. The monoisotopic (exact) mass is 372 g/mol. The number of thiophene rings is 1. The Balaban J connectivity index is 1.91. The van der Waals surface area contributed by atoms with E-state index in [2.05, 4.69) is 0 Å². The molecular weight excluding hydrogens is 360 g/mol. The molecule has 0 N–H and O–H groups in total. The molecule has 0 saturated heterocycles. The number of fused-ring (bicyclic) bond motifs is 1. The molecule has 0 aliphatic heterocycles. The van der Waals surface area contributed by atoms with E-state index in [4.69, 9.17) is 16.0 Å². The highest BCUT2D eigenvalue weighted by molar-refractivity contribution is 7.17. The quantitative estimate of drug-likeness (QED) is 0.550. The molecule has 0 radical (unpaired) electrons. The molecule has 0 saturated carbocycles. The first-order valence-electron chi connectivity index (χ1n) is 7.62. The predicted molar refractivity (Wildman–Crippen MR) is 98.7 cm³/mol. The van der Waals surface area contributed by atoms with E-state index in [1.165, 1.54) is 22.2 Å². The average Bonchev–Trinajstić information content (AvgIpc) is 3.29. The zero-order valence-electron chi connectivity index (χ0n) is 13.0. The summed E-state index contributed by atoms with van der Waals surface area (Å²) in [4.78, 5) is 25.7. The van der Waals surface area contributed by atoms with Crippen LogP contribution in [0.1, 0.15) is 11.3 Å². The minimum atomic E-state index is -0.382. The number of aromatic nitrogens is 2. The standard InChI is InChI=1S/C18H13ClN2O3S/c19-14-6-2-1-4-12(14)10-20-15-7-9-25-16(15)17(22)21(18(20)23)11-13-5-3-8-24-13/h1-9H,10-11H2. The van der Waals surface area contributed by atoms with Crippen molar-refractivity contribution in [1.29, 1.82) is 0 Å². The van der Waals surface area contributed by atoms with Crippen LogP contribution in [0.4, 0.5) is 0 Å². The van der Waals surface area contributed by atoms with E-state index in [9.17, 15) is 9.59 Å². The first-order valence-corrected chi connectivity index (χ1v) is 8.87. The lowest BCUT2D eigenvalue weighted by molar-refractivity contribution is 0.479. The molecule has 0 aliphatic rings. The highest BCUT2D eigenvalue weighted by Crippen LogP contribution is 2.20. The van der Waals surface area contributed by atoms with Gasteiger partial charge in [0.1, 0.15) is 10.5 Å². The first kappa shape index (κ1) is 15.9. The number of benzene rings is 1. The van der Waals surface area contributed by atoms with Crippen LogP contribution >= 0.6 is 22.9 Å². The second-order valence-corrected chi connectivity index (χ2v) is 6.89. The Hall–Kier alpha value is -2.57. The molecule has 0 amide bonds. The van der Waals surface area contributed by atoms with E-state index in [1.807, 2.05) is 23.6 Å². The summed E-state index contributed by atoms with van der Waals surface area (Å²) in [6, 6.07) is 12.6. The number of nitrogens with zero attached hydrogens (tertiary/aromatic N) is 2. The van der Waals surface area contributed by atoms with Gasteiger partial charge in [-0.1, -0.05) is 29.8 Å². The van der Waals surface area contributed by atoms with Crippen molar-refractivity contribution in [2.75, 3.05) is 0 Å². The SMILES string of the molecule is O=c1c2sccc2n(Cc2ccccc2Cl)c(=O)n1Cc1ccco1. The molecular formula is C18H13ClN2O3S. The fourth-order valence-electron chi connectivity index (χ4n) is 2.78. The fraction of sp³-hybridized carbons (Fsp3) is 0.111. The molecule has 0 fully saturated rings. The maximum Gasteiger partial charge on any atom is 0.332 e. The largest absolute Gasteiger partial charge is 0.467 e. The molecule has 25 heavy (non-hydrogen) atoms. The van der Waals surface area contributed by atoms with Gasteiger partial charge in [0.2, 0.25) is 0 Å². The number of hydrogen-bond acceptors (Lipinski definition) is 4. The normalized spacial score (nSPS) is 11.2. The van der Waals surface area contributed by atoms with Crippen LogP contribution in [0.15, 0.2) is 68.1 Å². The number of halogens is 1. The highest BCUT2D eigenvalue weighted by atomic mass is 35.5. The summed E-state index contributed by atoms with van der Waals surface area (Å²) in [5.41, 5.74) is 0.756. The van der Waals surface area contributed by atoms with Crippen molar-refractivity contribution < 1.29 is 4.42 Å². The Labute approximate surface area is 151 Å². The van der Waals surface area contributed by atoms with Crippen LogP contribution in [0.25, 0.3) is 10.2 Å². The van der Waals surface area contributed by atoms with Crippen LogP contribution in [0.5, 0.6) is 0 Å². The zero-order valence-corrected chi connectivity index (χ0v) is 14.6. The van der Waals surface area contributed by atoms with E-state index in [-0.39, 0.29) is 17.8 Å². The Morgan fingerprint density at radius 3 is 2.60 bits per heavy atom. The van der Waals surface area contributed by atoms with Gasteiger partial charge in [0.15, 0.2) is 0 Å². The van der Waals surface area contributed by atoms with Gasteiger partial charge in [-0.3, -0.25) is 13.9 Å². The van der Waals surface area contributed by atoms with Gasteiger partial charge in [-0.25, -0.2) is 4.79 Å². The second kappa shape index (κ2) is 6.38. The van der Waals surface area contributed by atoms with Gasteiger partial charge in [-0.2, -0.15) is 0 Å². The van der Waals surface area contributed by atoms with Crippen molar-refractivity contribution in [3.8, 4) is 0 Å². The molecule has 126 valence electrons. The van der Waals surface area contributed by atoms with E-state index in [1.54, 1.807) is 28.8 Å². The van der Waals surface area contributed by atoms with Gasteiger partial charge >= 0.3 is 5.69 Å². The van der Waals surface area contributed by atoms with E-state index >= 15 is 0 Å². The van der Waals surface area contributed by atoms with E-state index in [0.717, 1.165) is 5.56 Å². The van der Waals surface area contributed by atoms with Crippen molar-refractivity contribution in [1.82, 2.24) is 9.13 Å². The molecule has 0 spiro atoms. The number of hydrogen-bond donors (Lipinski definition) is 0. The summed E-state index contributed by atoms with van der Waals surface area (Å²) in [5.74, 6) is 0.555. The minimum absolute atomic E-state index is 0.0982. The molecule has 4 rings (SSSR count). The van der Waals surface area contributed by atoms with E-state index < -0.39 is 0 Å². The third-order valence-corrected chi connectivity index (χ3v) is 5.28. The third kappa shape index (κ3) is 2.83. The van der Waals surface area contributed by atoms with Crippen molar-refractivity contribution in [2.45, 2.75) is 13.1 Å². The van der Waals surface area contributed by atoms with E-state index in [0.29, 0.717) is 27.5 Å². The van der Waals surface area contributed by atoms with Gasteiger partial charge < -0.3 is 4.42 Å². The van der Waals surface area contributed by atoms with Crippen molar-refractivity contribution in [3.63, 3.8) is 0 Å². The summed E-state index contributed by atoms with van der Waals surface area (Å²) in [6.07, 6.45) is 1.52. The Bertz CT molecular complexity index is 1160. The molecule has 3 heterocycles. The molecule has 7 heteroatoms. The maximum atomic E-state index is 13.0. The first-order chi connectivity index (χ1) is 12.1. The molecule has 0 bridgehead atoms. The van der Waals surface area contributed by atoms with Crippen LogP contribution in [0, 0.1) is 0 Å². The maximum absolute atomic E-state index is 13.0. The van der Waals surface area contributed by atoms with Gasteiger partial charge in [-0.15, -0.1) is 11.3 Å². The summed E-state index contributed by atoms with van der Waals surface area (Å²) in [7, 11) is 0. The lowest BCUT2D eigenvalue weighted by Crippen LogP contribution is -2.40. The molecule has 3 aromatic heterocycles.